The van der Waals surface area contributed by atoms with E-state index in [4.69, 9.17) is 5.73 Å². The van der Waals surface area contributed by atoms with E-state index in [0.29, 0.717) is 12.8 Å². The van der Waals surface area contributed by atoms with E-state index in [1.165, 1.54) is 0 Å². The lowest BCUT2D eigenvalue weighted by molar-refractivity contribution is -0.124. The number of aliphatic hydroxyl groups is 1. The standard InChI is InChI=1S/C12H23N3O3S/c1-19-7-6-9(15-12(13)18)11(17)14-8-4-2-3-5-10(8)16/h8-10,16H,2-7H2,1H3,(H,14,17)(H3,13,15,18)/t8-,9?,10-/m0/s1. The number of carbonyl (C=O) groups excluding carboxylic acids is 2. The predicted octanol–water partition coefficient (Wildman–Crippen LogP) is 0.196. The Morgan fingerprint density at radius 1 is 1.42 bits per heavy atom. The number of amides is 3. The molecule has 1 aliphatic carbocycles. The summed E-state index contributed by atoms with van der Waals surface area (Å²) in [5.41, 5.74) is 5.08. The van der Waals surface area contributed by atoms with Gasteiger partial charge in [-0.1, -0.05) is 12.8 Å². The second-order valence-electron chi connectivity index (χ2n) is 4.81. The number of hydrogen-bond acceptors (Lipinski definition) is 4. The minimum Gasteiger partial charge on any atom is -0.391 e. The molecule has 0 bridgehead atoms. The number of rotatable bonds is 6. The first-order chi connectivity index (χ1) is 9.04. The Balaban J connectivity index is 2.51. The van der Waals surface area contributed by atoms with Gasteiger partial charge < -0.3 is 21.5 Å². The Hall–Kier alpha value is -0.950. The van der Waals surface area contributed by atoms with Crippen LogP contribution in [0.2, 0.25) is 0 Å². The monoisotopic (exact) mass is 289 g/mol. The summed E-state index contributed by atoms with van der Waals surface area (Å²) in [7, 11) is 0. The fourth-order valence-corrected chi connectivity index (χ4v) is 2.71. The summed E-state index contributed by atoms with van der Waals surface area (Å²) >= 11 is 1.60. The molecule has 0 heterocycles. The third-order valence-electron chi connectivity index (χ3n) is 3.30. The number of hydrogen-bond donors (Lipinski definition) is 4. The molecule has 1 rings (SSSR count). The van der Waals surface area contributed by atoms with Crippen LogP contribution in [0.1, 0.15) is 32.1 Å². The van der Waals surface area contributed by atoms with E-state index in [1.54, 1.807) is 11.8 Å². The largest absolute Gasteiger partial charge is 0.391 e. The Morgan fingerprint density at radius 2 is 2.11 bits per heavy atom. The van der Waals surface area contributed by atoms with Crippen molar-refractivity contribution in [2.45, 2.75) is 50.3 Å². The van der Waals surface area contributed by atoms with E-state index in [1.807, 2.05) is 6.26 Å². The molecule has 5 N–H and O–H groups in total. The molecule has 110 valence electrons. The van der Waals surface area contributed by atoms with Crippen molar-refractivity contribution in [3.8, 4) is 0 Å². The zero-order valence-corrected chi connectivity index (χ0v) is 12.0. The van der Waals surface area contributed by atoms with E-state index >= 15 is 0 Å². The average Bonchev–Trinajstić information content (AvgIpc) is 2.36. The molecule has 1 aliphatic rings. The van der Waals surface area contributed by atoms with Crippen LogP contribution in [0, 0.1) is 0 Å². The van der Waals surface area contributed by atoms with Gasteiger partial charge in [0.05, 0.1) is 12.1 Å². The predicted molar refractivity (Wildman–Crippen MR) is 75.9 cm³/mol. The average molecular weight is 289 g/mol. The number of nitrogens with one attached hydrogen (secondary N) is 2. The van der Waals surface area contributed by atoms with E-state index in [0.717, 1.165) is 25.0 Å². The van der Waals surface area contributed by atoms with Crippen molar-refractivity contribution < 1.29 is 14.7 Å². The van der Waals surface area contributed by atoms with Crippen molar-refractivity contribution >= 4 is 23.7 Å². The first-order valence-corrected chi connectivity index (χ1v) is 7.97. The SMILES string of the molecule is CSCCC(NC(N)=O)C(=O)N[C@H]1CCCC[C@@H]1O. The van der Waals surface area contributed by atoms with Gasteiger partial charge in [-0.15, -0.1) is 0 Å². The van der Waals surface area contributed by atoms with Gasteiger partial charge in [-0.3, -0.25) is 4.79 Å². The Morgan fingerprint density at radius 3 is 2.68 bits per heavy atom. The lowest BCUT2D eigenvalue weighted by Crippen LogP contribution is -2.54. The summed E-state index contributed by atoms with van der Waals surface area (Å²) in [6.45, 7) is 0. The molecule has 0 saturated heterocycles. The van der Waals surface area contributed by atoms with Crippen LogP contribution in [0.15, 0.2) is 0 Å². The highest BCUT2D eigenvalue weighted by Gasteiger charge is 2.27. The van der Waals surface area contributed by atoms with Crippen molar-refractivity contribution in [2.75, 3.05) is 12.0 Å². The van der Waals surface area contributed by atoms with Gasteiger partial charge in [0.1, 0.15) is 6.04 Å². The zero-order chi connectivity index (χ0) is 14.3. The molecule has 1 saturated carbocycles. The number of nitrogens with two attached hydrogens (primary N) is 1. The third-order valence-corrected chi connectivity index (χ3v) is 3.94. The summed E-state index contributed by atoms with van der Waals surface area (Å²) < 4.78 is 0. The molecule has 6 nitrogen and oxygen atoms in total. The van der Waals surface area contributed by atoms with Crippen LogP contribution in [-0.4, -0.2) is 47.2 Å². The molecule has 19 heavy (non-hydrogen) atoms. The van der Waals surface area contributed by atoms with Crippen LogP contribution < -0.4 is 16.4 Å². The molecule has 0 aromatic carbocycles. The maximum Gasteiger partial charge on any atom is 0.312 e. The van der Waals surface area contributed by atoms with Gasteiger partial charge in [-0.05, 0) is 31.3 Å². The maximum absolute atomic E-state index is 12.1. The number of urea groups is 1. The van der Waals surface area contributed by atoms with Crippen molar-refractivity contribution in [1.29, 1.82) is 0 Å². The molecule has 0 spiro atoms. The van der Waals surface area contributed by atoms with Crippen LogP contribution in [0.25, 0.3) is 0 Å². The highest BCUT2D eigenvalue weighted by molar-refractivity contribution is 7.98. The lowest BCUT2D eigenvalue weighted by Gasteiger charge is -2.30. The lowest BCUT2D eigenvalue weighted by atomic mass is 9.92. The minimum atomic E-state index is -0.703. The molecule has 3 atom stereocenters. The maximum atomic E-state index is 12.1. The normalized spacial score (nSPS) is 24.5. The smallest absolute Gasteiger partial charge is 0.312 e. The molecule has 0 aromatic heterocycles. The first-order valence-electron chi connectivity index (χ1n) is 6.58. The molecule has 0 aliphatic heterocycles. The first kappa shape index (κ1) is 16.1. The summed E-state index contributed by atoms with van der Waals surface area (Å²) in [4.78, 5) is 23.0. The van der Waals surface area contributed by atoms with Gasteiger partial charge in [0, 0.05) is 0 Å². The highest BCUT2D eigenvalue weighted by atomic mass is 32.2. The van der Waals surface area contributed by atoms with Crippen LogP contribution in [0.5, 0.6) is 0 Å². The second-order valence-corrected chi connectivity index (χ2v) is 5.80. The van der Waals surface area contributed by atoms with E-state index in [-0.39, 0.29) is 11.9 Å². The second kappa shape index (κ2) is 8.27. The number of thioether (sulfide) groups is 1. The van der Waals surface area contributed by atoms with Crippen molar-refractivity contribution in [1.82, 2.24) is 10.6 Å². The molecule has 0 aromatic rings. The quantitative estimate of drug-likeness (QED) is 0.560. The van der Waals surface area contributed by atoms with Crippen LogP contribution in [0.4, 0.5) is 4.79 Å². The van der Waals surface area contributed by atoms with Crippen LogP contribution >= 0.6 is 11.8 Å². The van der Waals surface area contributed by atoms with Gasteiger partial charge in [0.2, 0.25) is 5.91 Å². The molecule has 1 fully saturated rings. The number of primary amides is 1. The van der Waals surface area contributed by atoms with E-state index in [2.05, 4.69) is 10.6 Å². The van der Waals surface area contributed by atoms with E-state index < -0.39 is 18.2 Å². The van der Waals surface area contributed by atoms with E-state index in [9.17, 15) is 14.7 Å². The minimum absolute atomic E-state index is 0.215. The van der Waals surface area contributed by atoms with Gasteiger partial charge in [-0.25, -0.2) is 4.79 Å². The van der Waals surface area contributed by atoms with Gasteiger partial charge in [0.25, 0.3) is 0 Å². The van der Waals surface area contributed by atoms with Crippen molar-refractivity contribution in [3.05, 3.63) is 0 Å². The zero-order valence-electron chi connectivity index (χ0n) is 11.2. The fraction of sp³-hybridized carbons (Fsp3) is 0.833. The summed E-state index contributed by atoms with van der Waals surface area (Å²) in [6.07, 6.45) is 5.45. The Bertz CT molecular complexity index is 315. The summed E-state index contributed by atoms with van der Waals surface area (Å²) in [5.74, 6) is 0.491. The third kappa shape index (κ3) is 5.69. The molecule has 1 unspecified atom stereocenters. The molecule has 3 amide bonds. The van der Waals surface area contributed by atoms with Gasteiger partial charge in [-0.2, -0.15) is 11.8 Å². The summed E-state index contributed by atoms with van der Waals surface area (Å²) in [5, 5.41) is 15.1. The molecular formula is C12H23N3O3S. The van der Waals surface area contributed by atoms with Crippen molar-refractivity contribution in [3.63, 3.8) is 0 Å². The van der Waals surface area contributed by atoms with Crippen molar-refractivity contribution in [2.24, 2.45) is 5.73 Å². The van der Waals surface area contributed by atoms with Crippen LogP contribution in [-0.2, 0) is 4.79 Å². The molecule has 0 radical (unpaired) electrons. The Kier molecular flexibility index (Phi) is 7.01. The Labute approximate surface area is 117 Å². The number of aliphatic hydroxyl groups excluding tert-OH is 1. The summed E-state index contributed by atoms with van der Waals surface area (Å²) in [6, 6.07) is -1.54. The molecule has 7 heteroatoms. The molecular weight excluding hydrogens is 266 g/mol. The van der Waals surface area contributed by atoms with Gasteiger partial charge >= 0.3 is 6.03 Å². The topological polar surface area (TPSA) is 104 Å². The van der Waals surface area contributed by atoms with Crippen LogP contribution in [0.3, 0.4) is 0 Å². The van der Waals surface area contributed by atoms with Gasteiger partial charge in [0.15, 0.2) is 0 Å². The fourth-order valence-electron chi connectivity index (χ4n) is 2.24. The highest BCUT2D eigenvalue weighted by Crippen LogP contribution is 2.18. The number of carbonyl (C=O) groups is 2.